The van der Waals surface area contributed by atoms with Crippen molar-refractivity contribution in [1.29, 1.82) is 0 Å². The summed E-state index contributed by atoms with van der Waals surface area (Å²) in [5.74, 6) is -0.638. The summed E-state index contributed by atoms with van der Waals surface area (Å²) in [7, 11) is 0. The molecule has 0 spiro atoms. The summed E-state index contributed by atoms with van der Waals surface area (Å²) in [6, 6.07) is 5.39. The first-order valence-electron chi connectivity index (χ1n) is 7.78. The number of fused-ring (bicyclic) bond motifs is 1. The van der Waals surface area contributed by atoms with Gasteiger partial charge in [-0.15, -0.1) is 11.3 Å². The van der Waals surface area contributed by atoms with E-state index >= 15 is 0 Å². The second kappa shape index (κ2) is 6.91. The largest absolute Gasteiger partial charge is 0.279 e. The van der Waals surface area contributed by atoms with E-state index in [2.05, 4.69) is 15.8 Å². The zero-order valence-corrected chi connectivity index (χ0v) is 13.8. The van der Waals surface area contributed by atoms with Gasteiger partial charge in [-0.05, 0) is 56.4 Å². The number of carbonyl (C=O) groups excluding carboxylic acids is 2. The number of aryl methyl sites for hydroxylation is 3. The van der Waals surface area contributed by atoms with Crippen molar-refractivity contribution in [3.05, 3.63) is 51.0 Å². The molecule has 0 fully saturated rings. The third-order valence-electron chi connectivity index (χ3n) is 3.93. The van der Waals surface area contributed by atoms with Crippen LogP contribution < -0.4 is 10.9 Å². The van der Waals surface area contributed by atoms with Crippen LogP contribution in [0.3, 0.4) is 0 Å². The number of thiophene rings is 1. The quantitative estimate of drug-likeness (QED) is 0.657. The smallest absolute Gasteiger partial charge is 0.267 e. The van der Waals surface area contributed by atoms with Crippen molar-refractivity contribution in [1.82, 2.24) is 15.8 Å². The van der Waals surface area contributed by atoms with Crippen molar-refractivity contribution in [2.24, 2.45) is 0 Å². The van der Waals surface area contributed by atoms with Crippen LogP contribution in [-0.4, -0.2) is 16.8 Å². The Balaban J connectivity index is 1.61. The van der Waals surface area contributed by atoms with E-state index in [-0.39, 0.29) is 11.8 Å². The van der Waals surface area contributed by atoms with Gasteiger partial charge >= 0.3 is 0 Å². The minimum atomic E-state index is -0.371. The van der Waals surface area contributed by atoms with Gasteiger partial charge in [-0.2, -0.15) is 0 Å². The van der Waals surface area contributed by atoms with Crippen molar-refractivity contribution in [2.45, 2.75) is 39.0 Å². The molecule has 0 saturated heterocycles. The van der Waals surface area contributed by atoms with Crippen molar-refractivity contribution in [3.63, 3.8) is 0 Å². The minimum Gasteiger partial charge on any atom is -0.267 e. The second-order valence-electron chi connectivity index (χ2n) is 5.72. The Labute approximate surface area is 139 Å². The fourth-order valence-corrected chi connectivity index (χ4v) is 3.78. The van der Waals surface area contributed by atoms with Gasteiger partial charge in [0.15, 0.2) is 0 Å². The maximum Gasteiger partial charge on any atom is 0.279 e. The van der Waals surface area contributed by atoms with Crippen LogP contribution in [-0.2, 0) is 12.8 Å². The first-order chi connectivity index (χ1) is 11.1. The molecule has 0 saturated carbocycles. The van der Waals surface area contributed by atoms with Crippen LogP contribution in [0.2, 0.25) is 0 Å². The summed E-state index contributed by atoms with van der Waals surface area (Å²) in [6.45, 7) is 1.85. The molecule has 2 N–H and O–H groups in total. The Hall–Kier alpha value is -2.21. The molecular weight excluding hydrogens is 310 g/mol. The molecule has 3 rings (SSSR count). The highest BCUT2D eigenvalue weighted by Crippen LogP contribution is 2.28. The number of pyridine rings is 1. The summed E-state index contributed by atoms with van der Waals surface area (Å²) in [4.78, 5) is 30.2. The van der Waals surface area contributed by atoms with Crippen LogP contribution in [0.1, 0.15) is 55.4 Å². The minimum absolute atomic E-state index is 0.267. The van der Waals surface area contributed by atoms with E-state index in [1.807, 2.05) is 13.0 Å². The number of hydrogen-bond acceptors (Lipinski definition) is 4. The Bertz CT molecular complexity index is 698. The summed E-state index contributed by atoms with van der Waals surface area (Å²) in [5, 5.41) is 0. The fourth-order valence-electron chi connectivity index (χ4n) is 2.63. The van der Waals surface area contributed by atoms with Gasteiger partial charge in [0, 0.05) is 16.8 Å². The fraction of sp³-hybridized carbons (Fsp3) is 0.353. The lowest BCUT2D eigenvalue weighted by Crippen LogP contribution is -2.41. The summed E-state index contributed by atoms with van der Waals surface area (Å²) in [5.41, 5.74) is 7.46. The highest BCUT2D eigenvalue weighted by molar-refractivity contribution is 7.14. The molecule has 6 heteroatoms. The molecular formula is C17H19N3O2S. The third-order valence-corrected chi connectivity index (χ3v) is 5.17. The van der Waals surface area contributed by atoms with Gasteiger partial charge in [0.1, 0.15) is 0 Å². The molecule has 120 valence electrons. The topological polar surface area (TPSA) is 71.1 Å². The number of nitrogens with one attached hydrogen (secondary N) is 2. The van der Waals surface area contributed by atoms with E-state index in [1.54, 1.807) is 12.1 Å². The van der Waals surface area contributed by atoms with Gasteiger partial charge in [0.2, 0.25) is 0 Å². The Morgan fingerprint density at radius 2 is 1.87 bits per heavy atom. The van der Waals surface area contributed by atoms with Crippen molar-refractivity contribution < 1.29 is 9.59 Å². The van der Waals surface area contributed by atoms with Gasteiger partial charge in [-0.25, -0.2) is 0 Å². The lowest BCUT2D eigenvalue weighted by atomic mass is 10.1. The predicted molar refractivity (Wildman–Crippen MR) is 89.5 cm³/mol. The molecule has 2 heterocycles. The van der Waals surface area contributed by atoms with E-state index in [4.69, 9.17) is 0 Å². The standard InChI is InChI=1S/C17H19N3O2S/c1-11-7-8-13(10-18-11)16(21)19-20-17(22)15-9-12-5-3-2-4-6-14(12)23-15/h7-10H,2-6H2,1H3,(H,19,21)(H,20,22). The van der Waals surface area contributed by atoms with Crippen molar-refractivity contribution in [3.8, 4) is 0 Å². The third kappa shape index (κ3) is 3.76. The monoisotopic (exact) mass is 329 g/mol. The number of nitrogens with zero attached hydrogens (tertiary/aromatic N) is 1. The molecule has 2 amide bonds. The normalized spacial score (nSPS) is 13.8. The molecule has 5 nitrogen and oxygen atoms in total. The molecule has 0 unspecified atom stereocenters. The zero-order valence-electron chi connectivity index (χ0n) is 13.0. The van der Waals surface area contributed by atoms with Crippen LogP contribution in [0.5, 0.6) is 0 Å². The molecule has 1 aliphatic carbocycles. The van der Waals surface area contributed by atoms with Crippen LogP contribution in [0.4, 0.5) is 0 Å². The van der Waals surface area contributed by atoms with Gasteiger partial charge in [0.05, 0.1) is 10.4 Å². The van der Waals surface area contributed by atoms with E-state index in [9.17, 15) is 9.59 Å². The highest BCUT2D eigenvalue weighted by atomic mass is 32.1. The number of hydrogen-bond donors (Lipinski definition) is 2. The lowest BCUT2D eigenvalue weighted by molar-refractivity contribution is 0.0848. The molecule has 2 aromatic rings. The Kier molecular flexibility index (Phi) is 4.71. The molecule has 0 bridgehead atoms. The molecule has 0 atom stereocenters. The molecule has 2 aromatic heterocycles. The Morgan fingerprint density at radius 3 is 2.65 bits per heavy atom. The molecule has 0 aromatic carbocycles. The summed E-state index contributed by atoms with van der Waals surface area (Å²) in [6.07, 6.45) is 7.20. The summed E-state index contributed by atoms with van der Waals surface area (Å²) >= 11 is 1.53. The maximum atomic E-state index is 12.2. The van der Waals surface area contributed by atoms with Crippen LogP contribution in [0.25, 0.3) is 0 Å². The van der Waals surface area contributed by atoms with Gasteiger partial charge < -0.3 is 0 Å². The van der Waals surface area contributed by atoms with Crippen molar-refractivity contribution in [2.75, 3.05) is 0 Å². The van der Waals surface area contributed by atoms with Gasteiger partial charge in [-0.3, -0.25) is 25.4 Å². The van der Waals surface area contributed by atoms with E-state index < -0.39 is 0 Å². The average Bonchev–Trinajstić information content (AvgIpc) is 2.84. The number of amides is 2. The SMILES string of the molecule is Cc1ccc(C(=O)NNC(=O)c2cc3c(s2)CCCCC3)cn1. The van der Waals surface area contributed by atoms with Crippen LogP contribution in [0.15, 0.2) is 24.4 Å². The number of hydrazine groups is 1. The highest BCUT2D eigenvalue weighted by Gasteiger charge is 2.17. The van der Waals surface area contributed by atoms with E-state index in [0.717, 1.165) is 18.5 Å². The summed E-state index contributed by atoms with van der Waals surface area (Å²) < 4.78 is 0. The van der Waals surface area contributed by atoms with Gasteiger partial charge in [-0.1, -0.05) is 6.42 Å². The van der Waals surface area contributed by atoms with E-state index in [1.165, 1.54) is 47.2 Å². The first-order valence-corrected chi connectivity index (χ1v) is 8.60. The van der Waals surface area contributed by atoms with Crippen LogP contribution >= 0.6 is 11.3 Å². The number of aromatic nitrogens is 1. The number of rotatable bonds is 2. The van der Waals surface area contributed by atoms with Gasteiger partial charge in [0.25, 0.3) is 11.8 Å². The first kappa shape index (κ1) is 15.7. The van der Waals surface area contributed by atoms with E-state index in [0.29, 0.717) is 10.4 Å². The molecule has 0 radical (unpaired) electrons. The lowest BCUT2D eigenvalue weighted by Gasteiger charge is -2.06. The Morgan fingerprint density at radius 1 is 1.09 bits per heavy atom. The predicted octanol–water partition coefficient (Wildman–Crippen LogP) is 2.80. The second-order valence-corrected chi connectivity index (χ2v) is 6.85. The average molecular weight is 329 g/mol. The maximum absolute atomic E-state index is 12.2. The zero-order chi connectivity index (χ0) is 16.2. The van der Waals surface area contributed by atoms with Crippen LogP contribution in [0, 0.1) is 6.92 Å². The molecule has 1 aliphatic rings. The number of carbonyl (C=O) groups is 2. The molecule has 0 aliphatic heterocycles. The molecule has 23 heavy (non-hydrogen) atoms. The van der Waals surface area contributed by atoms with Crippen molar-refractivity contribution >= 4 is 23.2 Å².